The Labute approximate surface area is 99.8 Å². The summed E-state index contributed by atoms with van der Waals surface area (Å²) in [6.45, 7) is 5.08. The normalized spacial score (nSPS) is 38.1. The molecule has 3 rings (SSSR count). The Morgan fingerprint density at radius 2 is 2.06 bits per heavy atom. The van der Waals surface area contributed by atoms with E-state index in [1.54, 1.807) is 0 Å². The molecule has 16 heavy (non-hydrogen) atoms. The fourth-order valence-corrected chi connectivity index (χ4v) is 3.81. The number of likely N-dealkylation sites (tertiary alicyclic amines) is 1. The van der Waals surface area contributed by atoms with Crippen LogP contribution in [0.3, 0.4) is 0 Å². The molecule has 2 saturated heterocycles. The zero-order valence-corrected chi connectivity index (χ0v) is 10.6. The fraction of sp³-hybridized carbons (Fsp3) is 1.00. The van der Waals surface area contributed by atoms with Crippen LogP contribution in [0, 0.1) is 5.92 Å². The Morgan fingerprint density at radius 3 is 2.75 bits per heavy atom. The van der Waals surface area contributed by atoms with Crippen LogP contribution in [0.2, 0.25) is 0 Å². The molecule has 92 valence electrons. The summed E-state index contributed by atoms with van der Waals surface area (Å²) in [5, 5.41) is 3.71. The van der Waals surface area contributed by atoms with E-state index in [4.69, 9.17) is 0 Å². The Kier molecular flexibility index (Phi) is 3.21. The lowest BCUT2D eigenvalue weighted by Gasteiger charge is -2.34. The molecule has 0 aromatic carbocycles. The van der Waals surface area contributed by atoms with Gasteiger partial charge in [-0.15, -0.1) is 0 Å². The van der Waals surface area contributed by atoms with E-state index in [2.05, 4.69) is 17.1 Å². The summed E-state index contributed by atoms with van der Waals surface area (Å²) in [6.07, 6.45) is 10.1. The van der Waals surface area contributed by atoms with Gasteiger partial charge in [-0.2, -0.15) is 0 Å². The van der Waals surface area contributed by atoms with Crippen molar-refractivity contribution in [3.05, 3.63) is 0 Å². The van der Waals surface area contributed by atoms with Crippen LogP contribution in [0.15, 0.2) is 0 Å². The molecule has 3 aliphatic rings. The molecule has 2 heterocycles. The van der Waals surface area contributed by atoms with Crippen molar-refractivity contribution in [2.24, 2.45) is 5.92 Å². The average Bonchev–Trinajstić information content (AvgIpc) is 2.84. The van der Waals surface area contributed by atoms with Crippen molar-refractivity contribution in [2.45, 2.75) is 70.0 Å². The van der Waals surface area contributed by atoms with Crippen LogP contribution in [0.5, 0.6) is 0 Å². The summed E-state index contributed by atoms with van der Waals surface area (Å²) in [6, 6.07) is 2.50. The van der Waals surface area contributed by atoms with Crippen molar-refractivity contribution in [3.8, 4) is 0 Å². The largest absolute Gasteiger partial charge is 0.312 e. The summed E-state index contributed by atoms with van der Waals surface area (Å²) < 4.78 is 0. The van der Waals surface area contributed by atoms with Gasteiger partial charge in [0.2, 0.25) is 0 Å². The van der Waals surface area contributed by atoms with Gasteiger partial charge >= 0.3 is 0 Å². The molecular formula is C14H26N2. The molecule has 3 unspecified atom stereocenters. The first-order valence-corrected chi connectivity index (χ1v) is 7.34. The molecule has 2 heteroatoms. The molecule has 0 aromatic heterocycles. The number of hydrogen-bond donors (Lipinski definition) is 1. The average molecular weight is 222 g/mol. The smallest absolute Gasteiger partial charge is 0.0252 e. The molecular weight excluding hydrogens is 196 g/mol. The highest BCUT2D eigenvalue weighted by atomic mass is 15.2. The van der Waals surface area contributed by atoms with E-state index < -0.39 is 0 Å². The van der Waals surface area contributed by atoms with Crippen LogP contribution in [0.25, 0.3) is 0 Å². The second kappa shape index (κ2) is 4.66. The van der Waals surface area contributed by atoms with Gasteiger partial charge < -0.3 is 5.32 Å². The first kappa shape index (κ1) is 11.0. The van der Waals surface area contributed by atoms with Crippen molar-refractivity contribution >= 4 is 0 Å². The van der Waals surface area contributed by atoms with Gasteiger partial charge in [0.25, 0.3) is 0 Å². The molecule has 1 N–H and O–H groups in total. The SMILES string of the molecule is CC(CC1CC1)N1CCCC1C1CCCN1. The van der Waals surface area contributed by atoms with Gasteiger partial charge in [-0.3, -0.25) is 4.90 Å². The Morgan fingerprint density at radius 1 is 1.19 bits per heavy atom. The van der Waals surface area contributed by atoms with Crippen molar-refractivity contribution in [2.75, 3.05) is 13.1 Å². The fourth-order valence-electron chi connectivity index (χ4n) is 3.81. The molecule has 0 radical (unpaired) electrons. The topological polar surface area (TPSA) is 15.3 Å². The highest BCUT2D eigenvalue weighted by Crippen LogP contribution is 2.36. The van der Waals surface area contributed by atoms with Crippen LogP contribution >= 0.6 is 0 Å². The van der Waals surface area contributed by atoms with E-state index in [1.165, 1.54) is 58.0 Å². The Balaban J connectivity index is 1.58. The van der Waals surface area contributed by atoms with Gasteiger partial charge in [-0.1, -0.05) is 12.8 Å². The van der Waals surface area contributed by atoms with Crippen LogP contribution in [0.1, 0.15) is 51.9 Å². The molecule has 3 atom stereocenters. The Hall–Kier alpha value is -0.0800. The molecule has 1 saturated carbocycles. The molecule has 0 amide bonds. The van der Waals surface area contributed by atoms with Crippen LogP contribution in [-0.2, 0) is 0 Å². The van der Waals surface area contributed by atoms with Crippen molar-refractivity contribution in [1.29, 1.82) is 0 Å². The highest BCUT2D eigenvalue weighted by molar-refractivity contribution is 4.94. The minimum absolute atomic E-state index is 0.809. The minimum Gasteiger partial charge on any atom is -0.312 e. The third-order valence-electron chi connectivity index (χ3n) is 4.84. The summed E-state index contributed by atoms with van der Waals surface area (Å²) in [4.78, 5) is 2.82. The molecule has 0 aromatic rings. The summed E-state index contributed by atoms with van der Waals surface area (Å²) in [5.74, 6) is 1.08. The van der Waals surface area contributed by atoms with E-state index in [1.807, 2.05) is 0 Å². The zero-order valence-electron chi connectivity index (χ0n) is 10.6. The second-order valence-electron chi connectivity index (χ2n) is 6.18. The van der Waals surface area contributed by atoms with Gasteiger partial charge in [0.1, 0.15) is 0 Å². The maximum Gasteiger partial charge on any atom is 0.0252 e. The number of nitrogens with zero attached hydrogens (tertiary/aromatic N) is 1. The molecule has 1 aliphatic carbocycles. The molecule has 0 spiro atoms. The zero-order chi connectivity index (χ0) is 11.0. The van der Waals surface area contributed by atoms with E-state index in [9.17, 15) is 0 Å². The standard InChI is InChI=1S/C14H26N2/c1-11(10-12-6-7-12)16-9-3-5-14(16)13-4-2-8-15-13/h11-15H,2-10H2,1H3. The van der Waals surface area contributed by atoms with Crippen molar-refractivity contribution in [1.82, 2.24) is 10.2 Å². The van der Waals surface area contributed by atoms with E-state index in [0.717, 1.165) is 24.0 Å². The van der Waals surface area contributed by atoms with Crippen LogP contribution < -0.4 is 5.32 Å². The first-order chi connectivity index (χ1) is 7.84. The molecule has 0 bridgehead atoms. The summed E-state index contributed by atoms with van der Waals surface area (Å²) in [7, 11) is 0. The van der Waals surface area contributed by atoms with Crippen LogP contribution in [-0.4, -0.2) is 36.1 Å². The minimum atomic E-state index is 0.809. The predicted octanol–water partition coefficient (Wildman–Crippen LogP) is 2.39. The molecule has 3 fully saturated rings. The number of nitrogens with one attached hydrogen (secondary N) is 1. The van der Waals surface area contributed by atoms with Gasteiger partial charge in [0, 0.05) is 18.1 Å². The number of rotatable bonds is 4. The monoisotopic (exact) mass is 222 g/mol. The quantitative estimate of drug-likeness (QED) is 0.786. The van der Waals surface area contributed by atoms with Gasteiger partial charge in [-0.05, 0) is 58.0 Å². The van der Waals surface area contributed by atoms with Gasteiger partial charge in [-0.25, -0.2) is 0 Å². The van der Waals surface area contributed by atoms with Crippen molar-refractivity contribution in [3.63, 3.8) is 0 Å². The third-order valence-corrected chi connectivity index (χ3v) is 4.84. The van der Waals surface area contributed by atoms with Gasteiger partial charge in [0.15, 0.2) is 0 Å². The summed E-state index contributed by atoms with van der Waals surface area (Å²) >= 11 is 0. The highest BCUT2D eigenvalue weighted by Gasteiger charge is 2.37. The maximum absolute atomic E-state index is 3.71. The van der Waals surface area contributed by atoms with E-state index in [0.29, 0.717) is 0 Å². The lowest BCUT2D eigenvalue weighted by atomic mass is 10.0. The first-order valence-electron chi connectivity index (χ1n) is 7.34. The molecule has 2 nitrogen and oxygen atoms in total. The summed E-state index contributed by atoms with van der Waals surface area (Å²) in [5.41, 5.74) is 0. The Bertz CT molecular complexity index is 231. The van der Waals surface area contributed by atoms with E-state index in [-0.39, 0.29) is 0 Å². The third kappa shape index (κ3) is 2.28. The maximum atomic E-state index is 3.71. The molecule has 2 aliphatic heterocycles. The number of hydrogen-bond acceptors (Lipinski definition) is 2. The van der Waals surface area contributed by atoms with E-state index >= 15 is 0 Å². The van der Waals surface area contributed by atoms with Crippen LogP contribution in [0.4, 0.5) is 0 Å². The second-order valence-corrected chi connectivity index (χ2v) is 6.18. The predicted molar refractivity (Wildman–Crippen MR) is 67.6 cm³/mol. The lowest BCUT2D eigenvalue weighted by Crippen LogP contribution is -2.47. The lowest BCUT2D eigenvalue weighted by molar-refractivity contribution is 0.151. The van der Waals surface area contributed by atoms with Crippen molar-refractivity contribution < 1.29 is 0 Å². The van der Waals surface area contributed by atoms with Gasteiger partial charge in [0.05, 0.1) is 0 Å².